The van der Waals surface area contributed by atoms with E-state index in [1.165, 1.54) is 0 Å². The molecule has 0 bridgehead atoms. The van der Waals surface area contributed by atoms with E-state index < -0.39 is 11.7 Å². The third-order valence-electron chi connectivity index (χ3n) is 2.70. The van der Waals surface area contributed by atoms with Crippen molar-refractivity contribution in [3.05, 3.63) is 48.2 Å². The fourth-order valence-corrected chi connectivity index (χ4v) is 1.80. The number of carbonyl (C=O) groups excluding carboxylic acids is 1. The lowest BCUT2D eigenvalue weighted by Crippen LogP contribution is -2.32. The summed E-state index contributed by atoms with van der Waals surface area (Å²) < 4.78 is 5.19. The summed E-state index contributed by atoms with van der Waals surface area (Å²) >= 11 is 0. The van der Waals surface area contributed by atoms with Gasteiger partial charge < -0.3 is 15.0 Å². The predicted molar refractivity (Wildman–Crippen MR) is 79.3 cm³/mol. The highest BCUT2D eigenvalue weighted by Crippen LogP contribution is 2.17. The van der Waals surface area contributed by atoms with Crippen LogP contribution in [0.4, 0.5) is 4.79 Å². The topological polar surface area (TPSA) is 54.1 Å². The second kappa shape index (κ2) is 5.82. The number of hydrogen-bond acceptors (Lipinski definition) is 2. The number of hydrogen-bond donors (Lipinski definition) is 2. The van der Waals surface area contributed by atoms with Crippen molar-refractivity contribution in [3.63, 3.8) is 0 Å². The number of aromatic nitrogens is 1. The van der Waals surface area contributed by atoms with Gasteiger partial charge in [-0.3, -0.25) is 0 Å². The number of H-pyrrole nitrogens is 1. The van der Waals surface area contributed by atoms with Crippen LogP contribution < -0.4 is 5.32 Å². The maximum Gasteiger partial charge on any atom is 0.407 e. The first-order valence-electron chi connectivity index (χ1n) is 6.63. The number of benzene rings is 1. The molecular weight excluding hydrogens is 252 g/mol. The first kappa shape index (κ1) is 14.2. The highest BCUT2D eigenvalue weighted by atomic mass is 16.6. The van der Waals surface area contributed by atoms with Gasteiger partial charge in [0.15, 0.2) is 0 Å². The van der Waals surface area contributed by atoms with Crippen LogP contribution in [0.2, 0.25) is 0 Å². The fourth-order valence-electron chi connectivity index (χ4n) is 1.80. The minimum Gasteiger partial charge on any atom is -0.444 e. The lowest BCUT2D eigenvalue weighted by Gasteiger charge is -2.19. The molecule has 0 aliphatic heterocycles. The number of ether oxygens (including phenoxy) is 1. The fraction of sp³-hybridized carbons (Fsp3) is 0.312. The van der Waals surface area contributed by atoms with Crippen molar-refractivity contribution in [2.75, 3.05) is 0 Å². The van der Waals surface area contributed by atoms with Crippen LogP contribution >= 0.6 is 0 Å². The van der Waals surface area contributed by atoms with E-state index in [1.54, 1.807) is 0 Å². The molecule has 0 radical (unpaired) electrons. The lowest BCUT2D eigenvalue weighted by atomic mass is 10.1. The molecule has 0 saturated heterocycles. The largest absolute Gasteiger partial charge is 0.444 e. The van der Waals surface area contributed by atoms with E-state index in [-0.39, 0.29) is 0 Å². The van der Waals surface area contributed by atoms with Crippen LogP contribution in [0.5, 0.6) is 0 Å². The van der Waals surface area contributed by atoms with Crippen molar-refractivity contribution in [3.8, 4) is 11.3 Å². The van der Waals surface area contributed by atoms with Crippen molar-refractivity contribution in [2.24, 2.45) is 0 Å². The van der Waals surface area contributed by atoms with E-state index in [4.69, 9.17) is 4.74 Å². The number of alkyl carbamates (subject to hydrolysis) is 1. The Kier molecular flexibility index (Phi) is 4.13. The van der Waals surface area contributed by atoms with Gasteiger partial charge in [0.05, 0.1) is 0 Å². The Morgan fingerprint density at radius 2 is 1.90 bits per heavy atom. The zero-order chi connectivity index (χ0) is 14.6. The molecule has 1 heterocycles. The standard InChI is InChI=1S/C16H20N2O2/c1-16(2,3)20-15(19)18-11-12-6-8-13(9-7-12)14-5-4-10-17-14/h4-10,17H,11H2,1-3H3,(H,18,19). The lowest BCUT2D eigenvalue weighted by molar-refractivity contribution is 0.0523. The number of nitrogens with one attached hydrogen (secondary N) is 2. The van der Waals surface area contributed by atoms with Gasteiger partial charge in [0, 0.05) is 18.4 Å². The molecular formula is C16H20N2O2. The van der Waals surface area contributed by atoms with Gasteiger partial charge in [0.1, 0.15) is 5.60 Å². The van der Waals surface area contributed by atoms with Crippen LogP contribution in [0, 0.1) is 0 Å². The van der Waals surface area contributed by atoms with Crippen LogP contribution in [0.3, 0.4) is 0 Å². The Hall–Kier alpha value is -2.23. The van der Waals surface area contributed by atoms with Gasteiger partial charge in [-0.25, -0.2) is 4.79 Å². The van der Waals surface area contributed by atoms with Crippen molar-refractivity contribution in [1.29, 1.82) is 0 Å². The van der Waals surface area contributed by atoms with E-state index >= 15 is 0 Å². The summed E-state index contributed by atoms with van der Waals surface area (Å²) in [5.74, 6) is 0. The molecule has 4 heteroatoms. The molecule has 1 amide bonds. The van der Waals surface area contributed by atoms with E-state index in [1.807, 2.05) is 63.4 Å². The predicted octanol–water partition coefficient (Wildman–Crippen LogP) is 3.71. The molecule has 0 saturated carbocycles. The summed E-state index contributed by atoms with van der Waals surface area (Å²) in [6.07, 6.45) is 1.50. The second-order valence-electron chi connectivity index (χ2n) is 5.64. The van der Waals surface area contributed by atoms with Crippen LogP contribution in [0.1, 0.15) is 26.3 Å². The molecule has 1 aromatic carbocycles. The van der Waals surface area contributed by atoms with Gasteiger partial charge in [0.2, 0.25) is 0 Å². The van der Waals surface area contributed by atoms with E-state index in [9.17, 15) is 4.79 Å². The van der Waals surface area contributed by atoms with Crippen LogP contribution in [-0.2, 0) is 11.3 Å². The highest BCUT2D eigenvalue weighted by molar-refractivity contribution is 5.67. The quantitative estimate of drug-likeness (QED) is 0.895. The highest BCUT2D eigenvalue weighted by Gasteiger charge is 2.15. The number of amides is 1. The first-order chi connectivity index (χ1) is 9.44. The van der Waals surface area contributed by atoms with E-state index in [0.29, 0.717) is 6.54 Å². The summed E-state index contributed by atoms with van der Waals surface area (Å²) in [4.78, 5) is 14.7. The molecule has 2 rings (SSSR count). The van der Waals surface area contributed by atoms with Gasteiger partial charge in [0.25, 0.3) is 0 Å². The molecule has 2 aromatic rings. The second-order valence-corrected chi connectivity index (χ2v) is 5.64. The summed E-state index contributed by atoms with van der Waals surface area (Å²) in [6.45, 7) is 5.99. The molecule has 106 valence electrons. The molecule has 0 unspecified atom stereocenters. The molecule has 4 nitrogen and oxygen atoms in total. The Morgan fingerprint density at radius 1 is 1.20 bits per heavy atom. The van der Waals surface area contributed by atoms with Crippen LogP contribution in [0.15, 0.2) is 42.6 Å². The average Bonchev–Trinajstić information content (AvgIpc) is 2.89. The van der Waals surface area contributed by atoms with Gasteiger partial charge in [-0.2, -0.15) is 0 Å². The summed E-state index contributed by atoms with van der Waals surface area (Å²) in [5.41, 5.74) is 2.76. The van der Waals surface area contributed by atoms with Gasteiger partial charge in [-0.15, -0.1) is 0 Å². The Bertz CT molecular complexity index is 551. The first-order valence-corrected chi connectivity index (χ1v) is 6.63. The van der Waals surface area contributed by atoms with Crippen molar-refractivity contribution < 1.29 is 9.53 Å². The molecule has 0 spiro atoms. The van der Waals surface area contributed by atoms with Crippen molar-refractivity contribution in [2.45, 2.75) is 32.9 Å². The normalized spacial score (nSPS) is 11.2. The minimum atomic E-state index is -0.471. The van der Waals surface area contributed by atoms with Gasteiger partial charge >= 0.3 is 6.09 Å². The SMILES string of the molecule is CC(C)(C)OC(=O)NCc1ccc(-c2ccc[nH]2)cc1. The third kappa shape index (κ3) is 4.16. The molecule has 0 fully saturated rings. The maximum absolute atomic E-state index is 11.5. The Balaban J connectivity index is 1.90. The number of carbonyl (C=O) groups is 1. The van der Waals surface area contributed by atoms with Crippen LogP contribution in [0.25, 0.3) is 11.3 Å². The number of aromatic amines is 1. The van der Waals surface area contributed by atoms with Gasteiger partial charge in [-0.1, -0.05) is 24.3 Å². The zero-order valence-electron chi connectivity index (χ0n) is 12.1. The van der Waals surface area contributed by atoms with Crippen molar-refractivity contribution in [1.82, 2.24) is 10.3 Å². The van der Waals surface area contributed by atoms with E-state index in [2.05, 4.69) is 10.3 Å². The molecule has 0 aliphatic carbocycles. The molecule has 2 N–H and O–H groups in total. The summed E-state index contributed by atoms with van der Waals surface area (Å²) in [6, 6.07) is 12.0. The minimum absolute atomic E-state index is 0.397. The monoisotopic (exact) mass is 272 g/mol. The maximum atomic E-state index is 11.5. The van der Waals surface area contributed by atoms with Crippen molar-refractivity contribution >= 4 is 6.09 Å². The summed E-state index contributed by atoms with van der Waals surface area (Å²) in [7, 11) is 0. The molecule has 20 heavy (non-hydrogen) atoms. The molecule has 1 aromatic heterocycles. The molecule has 0 aliphatic rings. The number of rotatable bonds is 3. The smallest absolute Gasteiger partial charge is 0.407 e. The zero-order valence-corrected chi connectivity index (χ0v) is 12.1. The molecule has 0 atom stereocenters. The van der Waals surface area contributed by atoms with Gasteiger partial charge in [-0.05, 0) is 44.0 Å². The van der Waals surface area contributed by atoms with E-state index in [0.717, 1.165) is 16.8 Å². The Labute approximate surface area is 119 Å². The average molecular weight is 272 g/mol. The van der Waals surface area contributed by atoms with Crippen LogP contribution in [-0.4, -0.2) is 16.7 Å². The third-order valence-corrected chi connectivity index (χ3v) is 2.70. The Morgan fingerprint density at radius 3 is 2.45 bits per heavy atom. The summed E-state index contributed by atoms with van der Waals surface area (Å²) in [5, 5.41) is 2.74.